The number of morpholine rings is 1. The third-order valence-corrected chi connectivity index (χ3v) is 5.62. The van der Waals surface area contributed by atoms with E-state index in [4.69, 9.17) is 14.7 Å². The highest BCUT2D eigenvalue weighted by Gasteiger charge is 2.25. The number of nitrogens with one attached hydrogen (secondary N) is 1. The molecular formula is C21H26N6OS. The minimum Gasteiger partial charge on any atom is -0.370 e. The number of thiazole rings is 1. The van der Waals surface area contributed by atoms with Gasteiger partial charge in [-0.2, -0.15) is 5.10 Å². The van der Waals surface area contributed by atoms with E-state index in [0.717, 1.165) is 47.4 Å². The van der Waals surface area contributed by atoms with Crippen molar-refractivity contribution < 1.29 is 4.74 Å². The summed E-state index contributed by atoms with van der Waals surface area (Å²) in [6.07, 6.45) is 3.89. The molecule has 1 fully saturated rings. The van der Waals surface area contributed by atoms with Crippen LogP contribution < -0.4 is 5.32 Å². The molecule has 1 aliphatic rings. The van der Waals surface area contributed by atoms with E-state index in [2.05, 4.69) is 39.8 Å². The van der Waals surface area contributed by atoms with Crippen LogP contribution in [0.3, 0.4) is 0 Å². The van der Waals surface area contributed by atoms with Gasteiger partial charge in [0.2, 0.25) is 0 Å². The highest BCUT2D eigenvalue weighted by molar-refractivity contribution is 7.09. The smallest absolute Gasteiger partial charge is 0.194 e. The second-order valence-corrected chi connectivity index (χ2v) is 7.86. The summed E-state index contributed by atoms with van der Waals surface area (Å²) in [6, 6.07) is 10.3. The summed E-state index contributed by atoms with van der Waals surface area (Å²) in [7, 11) is 1.92. The van der Waals surface area contributed by atoms with Gasteiger partial charge in [0.05, 0.1) is 31.6 Å². The van der Waals surface area contributed by atoms with E-state index in [9.17, 15) is 0 Å². The molecule has 1 atom stereocenters. The predicted octanol–water partition coefficient (Wildman–Crippen LogP) is 3.08. The van der Waals surface area contributed by atoms with Gasteiger partial charge in [-0.25, -0.2) is 9.98 Å². The molecule has 1 saturated heterocycles. The van der Waals surface area contributed by atoms with Crippen molar-refractivity contribution in [1.29, 1.82) is 0 Å². The van der Waals surface area contributed by atoms with Gasteiger partial charge < -0.3 is 15.0 Å². The van der Waals surface area contributed by atoms with Gasteiger partial charge in [-0.15, -0.1) is 11.3 Å². The van der Waals surface area contributed by atoms with Crippen molar-refractivity contribution >= 4 is 17.3 Å². The molecule has 7 nitrogen and oxygen atoms in total. The number of aryl methyl sites for hydroxylation is 1. The van der Waals surface area contributed by atoms with Gasteiger partial charge in [-0.1, -0.05) is 30.3 Å². The van der Waals surface area contributed by atoms with Crippen LogP contribution in [0.5, 0.6) is 0 Å². The normalized spacial score (nSPS) is 17.5. The maximum absolute atomic E-state index is 5.96. The fourth-order valence-corrected chi connectivity index (χ4v) is 4.07. The number of aliphatic imine (C=N–C) groups is 1. The molecule has 3 heterocycles. The molecular weight excluding hydrogens is 384 g/mol. The Morgan fingerprint density at radius 2 is 2.21 bits per heavy atom. The summed E-state index contributed by atoms with van der Waals surface area (Å²) in [5, 5.41) is 10.8. The van der Waals surface area contributed by atoms with Crippen LogP contribution in [0, 0.1) is 0 Å². The Morgan fingerprint density at radius 3 is 2.97 bits per heavy atom. The number of benzene rings is 1. The molecule has 0 amide bonds. The van der Waals surface area contributed by atoms with E-state index in [1.54, 1.807) is 11.3 Å². The van der Waals surface area contributed by atoms with E-state index < -0.39 is 0 Å². The fraction of sp³-hybridized carbons (Fsp3) is 0.381. The third kappa shape index (κ3) is 4.83. The summed E-state index contributed by atoms with van der Waals surface area (Å²) >= 11 is 1.65. The Balaban J connectivity index is 1.45. The quantitative estimate of drug-likeness (QED) is 0.517. The number of guanidine groups is 1. The molecule has 29 heavy (non-hydrogen) atoms. The van der Waals surface area contributed by atoms with Gasteiger partial charge >= 0.3 is 0 Å². The van der Waals surface area contributed by atoms with E-state index in [1.165, 1.54) is 0 Å². The number of nitrogens with zero attached hydrogens (tertiary/aromatic N) is 5. The third-order valence-electron chi connectivity index (χ3n) is 4.78. The molecule has 8 heteroatoms. The maximum atomic E-state index is 5.96. The van der Waals surface area contributed by atoms with Crippen LogP contribution in [-0.2, 0) is 18.3 Å². The Kier molecular flexibility index (Phi) is 6.21. The molecule has 1 N–H and O–H groups in total. The molecule has 152 valence electrons. The molecule has 1 aliphatic heterocycles. The number of rotatable bonds is 5. The van der Waals surface area contributed by atoms with Gasteiger partial charge in [-0.3, -0.25) is 4.68 Å². The molecule has 4 rings (SSSR count). The lowest BCUT2D eigenvalue weighted by Crippen LogP contribution is -2.48. The van der Waals surface area contributed by atoms with Gasteiger partial charge in [0.1, 0.15) is 11.1 Å². The van der Waals surface area contributed by atoms with Crippen molar-refractivity contribution in [2.24, 2.45) is 12.0 Å². The molecule has 2 aromatic heterocycles. The van der Waals surface area contributed by atoms with Crippen LogP contribution in [0.1, 0.15) is 23.6 Å². The monoisotopic (exact) mass is 410 g/mol. The summed E-state index contributed by atoms with van der Waals surface area (Å²) < 4.78 is 7.77. The summed E-state index contributed by atoms with van der Waals surface area (Å²) in [6.45, 7) is 5.71. The minimum absolute atomic E-state index is 0.00542. The molecule has 0 aliphatic carbocycles. The molecule has 1 aromatic carbocycles. The van der Waals surface area contributed by atoms with Crippen LogP contribution in [0.2, 0.25) is 0 Å². The SMILES string of the molecule is CCNC(=NCc1nc(-c2ccccc2)cs1)N1CCOC(c2cnn(C)c2)C1. The van der Waals surface area contributed by atoms with Crippen molar-refractivity contribution in [2.75, 3.05) is 26.2 Å². The van der Waals surface area contributed by atoms with Crippen LogP contribution in [0.4, 0.5) is 0 Å². The van der Waals surface area contributed by atoms with Gasteiger partial charge in [0.15, 0.2) is 5.96 Å². The first-order chi connectivity index (χ1) is 14.2. The highest BCUT2D eigenvalue weighted by atomic mass is 32.1. The van der Waals surface area contributed by atoms with Crippen molar-refractivity contribution in [3.05, 3.63) is 58.7 Å². The highest BCUT2D eigenvalue weighted by Crippen LogP contribution is 2.23. The van der Waals surface area contributed by atoms with Crippen LogP contribution in [0.15, 0.2) is 53.1 Å². The van der Waals surface area contributed by atoms with Crippen molar-refractivity contribution in [3.8, 4) is 11.3 Å². The lowest BCUT2D eigenvalue weighted by Gasteiger charge is -2.34. The average molecular weight is 411 g/mol. The first-order valence-corrected chi connectivity index (χ1v) is 10.7. The van der Waals surface area contributed by atoms with Gasteiger partial charge in [-0.05, 0) is 6.92 Å². The van der Waals surface area contributed by atoms with Crippen molar-refractivity contribution in [1.82, 2.24) is 25.0 Å². The molecule has 0 spiro atoms. The van der Waals surface area contributed by atoms with E-state index in [-0.39, 0.29) is 6.10 Å². The largest absolute Gasteiger partial charge is 0.370 e. The summed E-state index contributed by atoms with van der Waals surface area (Å²) in [4.78, 5) is 11.9. The lowest BCUT2D eigenvalue weighted by molar-refractivity contribution is -0.00805. The number of aromatic nitrogens is 3. The molecule has 0 radical (unpaired) electrons. The van der Waals surface area contributed by atoms with E-state index in [0.29, 0.717) is 13.2 Å². The molecule has 1 unspecified atom stereocenters. The Bertz CT molecular complexity index is 951. The van der Waals surface area contributed by atoms with E-state index in [1.807, 2.05) is 42.3 Å². The number of hydrogen-bond donors (Lipinski definition) is 1. The van der Waals surface area contributed by atoms with Gasteiger partial charge in [0, 0.05) is 42.8 Å². The topological polar surface area (TPSA) is 67.6 Å². The molecule has 3 aromatic rings. The van der Waals surface area contributed by atoms with Crippen LogP contribution in [0.25, 0.3) is 11.3 Å². The Morgan fingerprint density at radius 1 is 1.34 bits per heavy atom. The molecule has 0 bridgehead atoms. The summed E-state index contributed by atoms with van der Waals surface area (Å²) in [5.41, 5.74) is 3.24. The number of hydrogen-bond acceptors (Lipinski definition) is 5. The maximum Gasteiger partial charge on any atom is 0.194 e. The Hall–Kier alpha value is -2.71. The standard InChI is InChI=1S/C21H26N6OS/c1-3-22-21(27-9-10-28-19(14-27)17-11-24-26(2)13-17)23-12-20-25-18(15-29-20)16-7-5-4-6-8-16/h4-8,11,13,15,19H,3,9-10,12,14H2,1-2H3,(H,22,23). The average Bonchev–Trinajstić information content (AvgIpc) is 3.41. The first-order valence-electron chi connectivity index (χ1n) is 9.86. The lowest BCUT2D eigenvalue weighted by atomic mass is 10.1. The minimum atomic E-state index is 0.00542. The van der Waals surface area contributed by atoms with Crippen molar-refractivity contribution in [3.63, 3.8) is 0 Å². The van der Waals surface area contributed by atoms with Crippen LogP contribution >= 0.6 is 11.3 Å². The fourth-order valence-electron chi connectivity index (χ4n) is 3.34. The van der Waals surface area contributed by atoms with Crippen LogP contribution in [-0.4, -0.2) is 51.9 Å². The zero-order chi connectivity index (χ0) is 20.1. The predicted molar refractivity (Wildman–Crippen MR) is 116 cm³/mol. The zero-order valence-corrected chi connectivity index (χ0v) is 17.6. The Labute approximate surface area is 175 Å². The van der Waals surface area contributed by atoms with E-state index >= 15 is 0 Å². The first kappa shape index (κ1) is 19.6. The number of ether oxygens (including phenoxy) is 1. The van der Waals surface area contributed by atoms with Gasteiger partial charge in [0.25, 0.3) is 0 Å². The molecule has 0 saturated carbocycles. The zero-order valence-electron chi connectivity index (χ0n) is 16.8. The van der Waals surface area contributed by atoms with Crippen molar-refractivity contribution in [2.45, 2.75) is 19.6 Å². The second-order valence-electron chi connectivity index (χ2n) is 6.92. The second kappa shape index (κ2) is 9.19. The summed E-state index contributed by atoms with van der Waals surface area (Å²) in [5.74, 6) is 0.904.